The first-order valence-corrected chi connectivity index (χ1v) is 7.90. The van der Waals surface area contributed by atoms with Gasteiger partial charge in [0.05, 0.1) is 6.61 Å². The van der Waals surface area contributed by atoms with Gasteiger partial charge in [-0.15, -0.1) is 0 Å². The molecule has 1 heterocycles. The van der Waals surface area contributed by atoms with Gasteiger partial charge in [-0.3, -0.25) is 14.6 Å². The summed E-state index contributed by atoms with van der Waals surface area (Å²) in [6.45, 7) is 3.33. The molecule has 6 nitrogen and oxygen atoms in total. The fourth-order valence-corrected chi connectivity index (χ4v) is 2.01. The second-order valence-electron chi connectivity index (χ2n) is 5.12. The number of carbonyl (C=O) groups is 2. The van der Waals surface area contributed by atoms with Gasteiger partial charge in [-0.1, -0.05) is 13.0 Å². The van der Waals surface area contributed by atoms with Gasteiger partial charge in [-0.05, 0) is 36.8 Å². The van der Waals surface area contributed by atoms with E-state index in [1.807, 2.05) is 13.0 Å². The Hall–Kier alpha value is -2.89. The number of amides is 2. The van der Waals surface area contributed by atoms with Gasteiger partial charge >= 0.3 is 0 Å². The van der Waals surface area contributed by atoms with E-state index >= 15 is 0 Å². The molecule has 2 rings (SSSR count). The maximum absolute atomic E-state index is 12.1. The normalized spacial score (nSPS) is 10.0. The van der Waals surface area contributed by atoms with Gasteiger partial charge in [0.1, 0.15) is 5.75 Å². The molecule has 2 N–H and O–H groups in total. The first-order chi connectivity index (χ1) is 11.7. The predicted molar refractivity (Wildman–Crippen MR) is 91.1 cm³/mol. The molecule has 2 aromatic rings. The minimum Gasteiger partial charge on any atom is -0.494 e. The minimum atomic E-state index is -0.199. The quantitative estimate of drug-likeness (QED) is 0.727. The highest BCUT2D eigenvalue weighted by Crippen LogP contribution is 2.13. The Labute approximate surface area is 141 Å². The van der Waals surface area contributed by atoms with Crippen LogP contribution in [0.3, 0.4) is 0 Å². The molecule has 1 aromatic carbocycles. The summed E-state index contributed by atoms with van der Waals surface area (Å²) in [6.07, 6.45) is 4.03. The zero-order valence-corrected chi connectivity index (χ0v) is 13.6. The molecule has 2 amide bonds. The van der Waals surface area contributed by atoms with E-state index in [4.69, 9.17) is 4.74 Å². The Balaban J connectivity index is 1.76. The van der Waals surface area contributed by atoms with E-state index in [0.29, 0.717) is 36.6 Å². The van der Waals surface area contributed by atoms with Crippen molar-refractivity contribution in [2.24, 2.45) is 0 Å². The van der Waals surface area contributed by atoms with E-state index in [2.05, 4.69) is 15.6 Å². The summed E-state index contributed by atoms with van der Waals surface area (Å²) in [7, 11) is 0. The largest absolute Gasteiger partial charge is 0.494 e. The molecule has 0 bridgehead atoms. The summed E-state index contributed by atoms with van der Waals surface area (Å²) in [5.41, 5.74) is 1.07. The van der Waals surface area contributed by atoms with Crippen LogP contribution in [-0.4, -0.2) is 36.5 Å². The highest BCUT2D eigenvalue weighted by atomic mass is 16.5. The van der Waals surface area contributed by atoms with Crippen LogP contribution in [0.15, 0.2) is 48.8 Å². The number of pyridine rings is 1. The monoisotopic (exact) mass is 327 g/mol. The molecule has 0 unspecified atom stereocenters. The standard InChI is InChI=1S/C18H21N3O3/c1-2-12-24-16-5-3-4-15(13-16)18(23)21-11-10-20-17(22)14-6-8-19-9-7-14/h3-9,13H,2,10-12H2,1H3,(H,20,22)(H,21,23). The highest BCUT2D eigenvalue weighted by molar-refractivity contribution is 5.95. The van der Waals surface area contributed by atoms with Gasteiger partial charge < -0.3 is 15.4 Å². The molecule has 6 heteroatoms. The van der Waals surface area contributed by atoms with Crippen LogP contribution in [0, 0.1) is 0 Å². The number of aromatic nitrogens is 1. The van der Waals surface area contributed by atoms with Crippen molar-refractivity contribution in [2.75, 3.05) is 19.7 Å². The third kappa shape index (κ3) is 5.39. The number of ether oxygens (including phenoxy) is 1. The number of rotatable bonds is 8. The fourth-order valence-electron chi connectivity index (χ4n) is 2.01. The first kappa shape index (κ1) is 17.5. The van der Waals surface area contributed by atoms with Crippen molar-refractivity contribution >= 4 is 11.8 Å². The molecule has 126 valence electrons. The topological polar surface area (TPSA) is 80.3 Å². The molecular formula is C18H21N3O3. The summed E-state index contributed by atoms with van der Waals surface area (Å²) in [5.74, 6) is 0.284. The number of carbonyl (C=O) groups excluding carboxylic acids is 2. The second-order valence-corrected chi connectivity index (χ2v) is 5.12. The lowest BCUT2D eigenvalue weighted by molar-refractivity contribution is 0.0927. The van der Waals surface area contributed by atoms with Crippen molar-refractivity contribution in [2.45, 2.75) is 13.3 Å². The Kier molecular flexibility index (Phi) is 6.76. The van der Waals surface area contributed by atoms with Crippen LogP contribution in [0.4, 0.5) is 0 Å². The Morgan fingerprint density at radius 3 is 2.33 bits per heavy atom. The van der Waals surface area contributed by atoms with E-state index in [1.165, 1.54) is 0 Å². The van der Waals surface area contributed by atoms with Gasteiger partial charge in [0.2, 0.25) is 0 Å². The molecule has 0 spiro atoms. The molecule has 0 saturated heterocycles. The number of hydrogen-bond donors (Lipinski definition) is 2. The van der Waals surface area contributed by atoms with Crippen LogP contribution >= 0.6 is 0 Å². The molecule has 0 aliphatic heterocycles. The molecule has 0 fully saturated rings. The summed E-state index contributed by atoms with van der Waals surface area (Å²) in [6, 6.07) is 10.3. The summed E-state index contributed by atoms with van der Waals surface area (Å²) in [4.78, 5) is 27.8. The lowest BCUT2D eigenvalue weighted by atomic mass is 10.2. The molecule has 0 aliphatic rings. The number of hydrogen-bond acceptors (Lipinski definition) is 4. The van der Waals surface area contributed by atoms with E-state index < -0.39 is 0 Å². The van der Waals surface area contributed by atoms with Crippen molar-refractivity contribution in [1.82, 2.24) is 15.6 Å². The smallest absolute Gasteiger partial charge is 0.251 e. The highest BCUT2D eigenvalue weighted by Gasteiger charge is 2.07. The van der Waals surface area contributed by atoms with Crippen LogP contribution < -0.4 is 15.4 Å². The summed E-state index contributed by atoms with van der Waals surface area (Å²) in [5, 5.41) is 5.51. The average Bonchev–Trinajstić information content (AvgIpc) is 2.64. The van der Waals surface area contributed by atoms with Crippen molar-refractivity contribution in [3.63, 3.8) is 0 Å². The molecule has 24 heavy (non-hydrogen) atoms. The average molecular weight is 327 g/mol. The zero-order chi connectivity index (χ0) is 17.2. The molecule has 0 radical (unpaired) electrons. The van der Waals surface area contributed by atoms with Crippen LogP contribution in [0.5, 0.6) is 5.75 Å². The maximum atomic E-state index is 12.1. The van der Waals surface area contributed by atoms with E-state index in [0.717, 1.165) is 6.42 Å². The lowest BCUT2D eigenvalue weighted by Crippen LogP contribution is -2.34. The Morgan fingerprint density at radius 2 is 1.67 bits per heavy atom. The van der Waals surface area contributed by atoms with Gasteiger partial charge in [-0.2, -0.15) is 0 Å². The number of benzene rings is 1. The lowest BCUT2D eigenvalue weighted by Gasteiger charge is -2.09. The van der Waals surface area contributed by atoms with E-state index in [1.54, 1.807) is 42.7 Å². The van der Waals surface area contributed by atoms with Crippen molar-refractivity contribution in [3.8, 4) is 5.75 Å². The van der Waals surface area contributed by atoms with Crippen LogP contribution in [-0.2, 0) is 0 Å². The third-order valence-corrected chi connectivity index (χ3v) is 3.21. The van der Waals surface area contributed by atoms with Crippen molar-refractivity contribution in [1.29, 1.82) is 0 Å². The van der Waals surface area contributed by atoms with Crippen LogP contribution in [0.2, 0.25) is 0 Å². The number of nitrogens with zero attached hydrogens (tertiary/aromatic N) is 1. The Bertz CT molecular complexity index is 674. The van der Waals surface area contributed by atoms with Crippen molar-refractivity contribution in [3.05, 3.63) is 59.9 Å². The van der Waals surface area contributed by atoms with E-state index in [9.17, 15) is 9.59 Å². The van der Waals surface area contributed by atoms with Gasteiger partial charge in [0.15, 0.2) is 0 Å². The molecule has 0 aliphatic carbocycles. The van der Waals surface area contributed by atoms with Crippen molar-refractivity contribution < 1.29 is 14.3 Å². The first-order valence-electron chi connectivity index (χ1n) is 7.90. The molecule has 0 saturated carbocycles. The summed E-state index contributed by atoms with van der Waals surface area (Å²) >= 11 is 0. The SMILES string of the molecule is CCCOc1cccc(C(=O)NCCNC(=O)c2ccncc2)c1. The maximum Gasteiger partial charge on any atom is 0.251 e. The van der Waals surface area contributed by atoms with Gasteiger partial charge in [0.25, 0.3) is 11.8 Å². The summed E-state index contributed by atoms with van der Waals surface area (Å²) < 4.78 is 5.51. The van der Waals surface area contributed by atoms with Crippen LogP contribution in [0.25, 0.3) is 0 Å². The fraction of sp³-hybridized carbons (Fsp3) is 0.278. The predicted octanol–water partition coefficient (Wildman–Crippen LogP) is 2.03. The molecule has 1 aromatic heterocycles. The minimum absolute atomic E-state index is 0.193. The Morgan fingerprint density at radius 1 is 1.00 bits per heavy atom. The number of nitrogens with one attached hydrogen (secondary N) is 2. The third-order valence-electron chi connectivity index (χ3n) is 3.21. The second kappa shape index (κ2) is 9.29. The molecular weight excluding hydrogens is 306 g/mol. The van der Waals surface area contributed by atoms with E-state index in [-0.39, 0.29) is 11.8 Å². The van der Waals surface area contributed by atoms with Crippen LogP contribution in [0.1, 0.15) is 34.1 Å². The van der Waals surface area contributed by atoms with Gasteiger partial charge in [-0.25, -0.2) is 0 Å². The van der Waals surface area contributed by atoms with Gasteiger partial charge in [0, 0.05) is 36.6 Å². The molecule has 0 atom stereocenters. The zero-order valence-electron chi connectivity index (χ0n) is 13.6.